The Bertz CT molecular complexity index is 52.4. The lowest BCUT2D eigenvalue weighted by Crippen LogP contribution is -2.15. The van der Waals surface area contributed by atoms with E-state index in [2.05, 4.69) is 0 Å². The highest BCUT2D eigenvalue weighted by atomic mass is 19.4. The largest absolute Gasteiger partial charge is 0.391 e. The van der Waals surface area contributed by atoms with E-state index in [-0.39, 0.29) is 0 Å². The minimum atomic E-state index is -4.00. The first-order valence-electron chi connectivity index (χ1n) is 2.01. The second-order valence-corrected chi connectivity index (χ2v) is 1.70. The molecule has 0 saturated heterocycles. The maximum absolute atomic E-state index is 11.2. The molecule has 0 saturated carbocycles. The second-order valence-electron chi connectivity index (χ2n) is 1.70. The normalized spacial score (nSPS) is 12.9. The number of rotatable bonds is 0. The van der Waals surface area contributed by atoms with Crippen LogP contribution in [0.25, 0.3) is 0 Å². The quantitative estimate of drug-likeness (QED) is 0.450. The van der Waals surface area contributed by atoms with E-state index in [1.54, 1.807) is 0 Å². The number of alkyl halides is 3. The summed E-state index contributed by atoms with van der Waals surface area (Å²) < 4.78 is 33.5. The lowest BCUT2D eigenvalue weighted by atomic mass is 10.2. The smallest absolute Gasteiger partial charge is 0.171 e. The van der Waals surface area contributed by atoms with E-state index in [4.69, 9.17) is 0 Å². The SMILES string of the molecule is CC(C)C(F)(F)F. The van der Waals surface area contributed by atoms with Crippen LogP contribution in [0, 0.1) is 5.92 Å². The molecule has 0 spiro atoms. The molecule has 7 heavy (non-hydrogen) atoms. The molecular formula is C4H7F3. The van der Waals surface area contributed by atoms with Crippen LogP contribution in [-0.2, 0) is 0 Å². The highest BCUT2D eigenvalue weighted by Crippen LogP contribution is 2.24. The van der Waals surface area contributed by atoms with E-state index in [1.165, 1.54) is 0 Å². The Kier molecular flexibility index (Phi) is 1.67. The third-order valence-electron chi connectivity index (χ3n) is 0.655. The Morgan fingerprint density at radius 2 is 1.29 bits per heavy atom. The monoisotopic (exact) mass is 112 g/mol. The molecule has 0 heterocycles. The van der Waals surface area contributed by atoms with Gasteiger partial charge in [0.05, 0.1) is 0 Å². The van der Waals surface area contributed by atoms with Gasteiger partial charge in [-0.3, -0.25) is 0 Å². The van der Waals surface area contributed by atoms with E-state index in [0.29, 0.717) is 0 Å². The third-order valence-corrected chi connectivity index (χ3v) is 0.655. The Morgan fingerprint density at radius 1 is 1.14 bits per heavy atom. The van der Waals surface area contributed by atoms with Crippen LogP contribution in [0.3, 0.4) is 0 Å². The molecule has 0 fully saturated rings. The predicted octanol–water partition coefficient (Wildman–Crippen LogP) is 2.20. The van der Waals surface area contributed by atoms with Crippen LogP contribution in [0.2, 0.25) is 0 Å². The minimum absolute atomic E-state index is 1.12. The van der Waals surface area contributed by atoms with Crippen LogP contribution in [0.4, 0.5) is 13.2 Å². The Morgan fingerprint density at radius 3 is 1.29 bits per heavy atom. The van der Waals surface area contributed by atoms with Crippen molar-refractivity contribution in [3.8, 4) is 0 Å². The zero-order valence-corrected chi connectivity index (χ0v) is 4.21. The fraction of sp³-hybridized carbons (Fsp3) is 1.00. The van der Waals surface area contributed by atoms with Crippen LogP contribution in [-0.4, -0.2) is 6.18 Å². The zero-order chi connectivity index (χ0) is 6.08. The number of hydrogen-bond acceptors (Lipinski definition) is 0. The van der Waals surface area contributed by atoms with Crippen LogP contribution in [0.15, 0.2) is 0 Å². The average molecular weight is 112 g/mol. The van der Waals surface area contributed by atoms with Gasteiger partial charge in [0.15, 0.2) is 0 Å². The van der Waals surface area contributed by atoms with Crippen molar-refractivity contribution in [2.24, 2.45) is 5.92 Å². The first-order chi connectivity index (χ1) is 2.94. The summed E-state index contributed by atoms with van der Waals surface area (Å²) in [5.74, 6) is -1.20. The van der Waals surface area contributed by atoms with Crippen LogP contribution >= 0.6 is 0 Å². The topological polar surface area (TPSA) is 0 Å². The number of hydrogen-bond donors (Lipinski definition) is 0. The molecule has 0 amide bonds. The molecule has 0 aliphatic rings. The molecule has 0 nitrogen and oxygen atoms in total. The van der Waals surface area contributed by atoms with Crippen molar-refractivity contribution in [2.45, 2.75) is 20.0 Å². The molecule has 0 aliphatic carbocycles. The van der Waals surface area contributed by atoms with Gasteiger partial charge < -0.3 is 0 Å². The summed E-state index contributed by atoms with van der Waals surface area (Å²) in [6.45, 7) is 2.25. The van der Waals surface area contributed by atoms with Gasteiger partial charge in [-0.25, -0.2) is 0 Å². The first-order valence-corrected chi connectivity index (χ1v) is 2.01. The Balaban J connectivity index is 3.54. The van der Waals surface area contributed by atoms with Crippen molar-refractivity contribution in [3.63, 3.8) is 0 Å². The predicted molar refractivity (Wildman–Crippen MR) is 20.9 cm³/mol. The van der Waals surface area contributed by atoms with Gasteiger partial charge in [0.1, 0.15) is 0 Å². The fourth-order valence-electron chi connectivity index (χ4n) is 0. The highest BCUT2D eigenvalue weighted by molar-refractivity contribution is 4.52. The third kappa shape index (κ3) is 2.48. The molecule has 0 atom stereocenters. The van der Waals surface area contributed by atoms with Gasteiger partial charge in [-0.1, -0.05) is 13.8 Å². The van der Waals surface area contributed by atoms with Crippen molar-refractivity contribution in [1.82, 2.24) is 0 Å². The summed E-state index contributed by atoms with van der Waals surface area (Å²) >= 11 is 0. The molecule has 0 aromatic carbocycles. The van der Waals surface area contributed by atoms with Gasteiger partial charge in [0.2, 0.25) is 0 Å². The van der Waals surface area contributed by atoms with Crippen molar-refractivity contribution >= 4 is 0 Å². The Labute approximate surface area is 40.3 Å². The van der Waals surface area contributed by atoms with E-state index >= 15 is 0 Å². The molecule has 0 bridgehead atoms. The van der Waals surface area contributed by atoms with Crippen molar-refractivity contribution in [1.29, 1.82) is 0 Å². The molecule has 0 aromatic rings. The van der Waals surface area contributed by atoms with E-state index in [9.17, 15) is 13.2 Å². The fourth-order valence-corrected chi connectivity index (χ4v) is 0. The summed E-state index contributed by atoms with van der Waals surface area (Å²) in [5.41, 5.74) is 0. The van der Waals surface area contributed by atoms with Gasteiger partial charge in [-0.05, 0) is 0 Å². The van der Waals surface area contributed by atoms with Gasteiger partial charge in [0, 0.05) is 5.92 Å². The van der Waals surface area contributed by atoms with E-state index in [0.717, 1.165) is 13.8 Å². The summed E-state index contributed by atoms with van der Waals surface area (Å²) in [5, 5.41) is 0. The van der Waals surface area contributed by atoms with Gasteiger partial charge in [0.25, 0.3) is 0 Å². The molecule has 0 rings (SSSR count). The van der Waals surface area contributed by atoms with Crippen LogP contribution in [0.1, 0.15) is 13.8 Å². The van der Waals surface area contributed by atoms with Crippen LogP contribution < -0.4 is 0 Å². The van der Waals surface area contributed by atoms with Gasteiger partial charge >= 0.3 is 6.18 Å². The average Bonchev–Trinajstić information content (AvgIpc) is 1.31. The standard InChI is InChI=1S/C4H7F3/c1-3(2)4(5,6)7/h3H,1-2H3. The number of halogens is 3. The molecule has 0 unspecified atom stereocenters. The lowest BCUT2D eigenvalue weighted by Gasteiger charge is -2.07. The second kappa shape index (κ2) is 1.72. The molecule has 0 N–H and O–H groups in total. The van der Waals surface area contributed by atoms with Crippen LogP contribution in [0.5, 0.6) is 0 Å². The molecule has 0 aliphatic heterocycles. The maximum Gasteiger partial charge on any atom is 0.391 e. The summed E-state index contributed by atoms with van der Waals surface area (Å²) in [4.78, 5) is 0. The highest BCUT2D eigenvalue weighted by Gasteiger charge is 2.31. The Hall–Kier alpha value is -0.210. The minimum Gasteiger partial charge on any atom is -0.171 e. The first kappa shape index (κ1) is 6.79. The molecule has 3 heteroatoms. The lowest BCUT2D eigenvalue weighted by molar-refractivity contribution is -0.164. The molecular weight excluding hydrogens is 105 g/mol. The summed E-state index contributed by atoms with van der Waals surface area (Å²) in [6, 6.07) is 0. The summed E-state index contributed by atoms with van der Waals surface area (Å²) in [6.07, 6.45) is -4.00. The maximum atomic E-state index is 11.2. The van der Waals surface area contributed by atoms with Crippen molar-refractivity contribution < 1.29 is 13.2 Å². The van der Waals surface area contributed by atoms with Gasteiger partial charge in [-0.2, -0.15) is 13.2 Å². The van der Waals surface area contributed by atoms with Crippen molar-refractivity contribution in [3.05, 3.63) is 0 Å². The molecule has 0 aromatic heterocycles. The van der Waals surface area contributed by atoms with E-state index < -0.39 is 12.1 Å². The zero-order valence-electron chi connectivity index (χ0n) is 4.21. The summed E-state index contributed by atoms with van der Waals surface area (Å²) in [7, 11) is 0. The molecule has 44 valence electrons. The van der Waals surface area contributed by atoms with Gasteiger partial charge in [-0.15, -0.1) is 0 Å². The van der Waals surface area contributed by atoms with E-state index in [1.807, 2.05) is 0 Å². The molecule has 0 radical (unpaired) electrons. The van der Waals surface area contributed by atoms with Crippen molar-refractivity contribution in [2.75, 3.05) is 0 Å².